The molecule has 0 aliphatic rings. The summed E-state index contributed by atoms with van der Waals surface area (Å²) in [5.74, 6) is -0.370. The van der Waals surface area contributed by atoms with E-state index in [0.29, 0.717) is 5.01 Å². The summed E-state index contributed by atoms with van der Waals surface area (Å²) in [6.07, 6.45) is 1.53. The third-order valence-electron chi connectivity index (χ3n) is 1.83. The molecule has 78 valence electrons. The highest BCUT2D eigenvalue weighted by atomic mass is 32.1. The van der Waals surface area contributed by atoms with Gasteiger partial charge in [-0.05, 0) is 13.0 Å². The molecule has 2 aromatic rings. The number of aromatic carboxylic acids is 1. The first-order chi connectivity index (χ1) is 7.08. The Bertz CT molecular complexity index is 515. The van der Waals surface area contributed by atoms with E-state index in [1.807, 2.05) is 0 Å². The van der Waals surface area contributed by atoms with Crippen LogP contribution in [0.1, 0.15) is 16.2 Å². The van der Waals surface area contributed by atoms with Gasteiger partial charge in [-0.2, -0.15) is 0 Å². The average molecular weight is 224 g/mol. The van der Waals surface area contributed by atoms with E-state index in [0.717, 1.165) is 22.7 Å². The van der Waals surface area contributed by atoms with Gasteiger partial charge in [0.15, 0.2) is 5.69 Å². The van der Waals surface area contributed by atoms with Gasteiger partial charge in [-0.1, -0.05) is 11.3 Å². The van der Waals surface area contributed by atoms with E-state index in [1.165, 1.54) is 6.26 Å². The van der Waals surface area contributed by atoms with Gasteiger partial charge in [0.1, 0.15) is 22.0 Å². The molecule has 5 nitrogen and oxygen atoms in total. The third kappa shape index (κ3) is 1.71. The minimum Gasteiger partial charge on any atom is -0.476 e. The van der Waals surface area contributed by atoms with Crippen LogP contribution in [0.25, 0.3) is 10.6 Å². The normalized spacial score (nSPS) is 10.5. The standard InChI is InChI=1S/C9H8N2O3S/c1-4-2-5(3-14-4)8-11-6(9(12)13)7(10)15-8/h2-3H,10H2,1H3,(H,12,13). The van der Waals surface area contributed by atoms with Crippen molar-refractivity contribution in [2.45, 2.75) is 6.92 Å². The van der Waals surface area contributed by atoms with E-state index < -0.39 is 5.97 Å². The minimum absolute atomic E-state index is 0.103. The van der Waals surface area contributed by atoms with Crippen molar-refractivity contribution in [1.29, 1.82) is 0 Å². The Balaban J connectivity index is 2.46. The lowest BCUT2D eigenvalue weighted by Crippen LogP contribution is -2.00. The molecule has 2 rings (SSSR count). The van der Waals surface area contributed by atoms with Crippen molar-refractivity contribution in [3.8, 4) is 10.6 Å². The van der Waals surface area contributed by atoms with Gasteiger partial charge in [0.2, 0.25) is 0 Å². The summed E-state index contributed by atoms with van der Waals surface area (Å²) in [5, 5.41) is 9.53. The van der Waals surface area contributed by atoms with E-state index in [1.54, 1.807) is 13.0 Å². The van der Waals surface area contributed by atoms with Crippen LogP contribution in [-0.4, -0.2) is 16.1 Å². The summed E-state index contributed by atoms with van der Waals surface area (Å²) in [6.45, 7) is 1.80. The molecule has 0 radical (unpaired) electrons. The maximum Gasteiger partial charge on any atom is 0.357 e. The number of aryl methyl sites for hydroxylation is 1. The maximum absolute atomic E-state index is 10.7. The molecule has 0 aliphatic carbocycles. The number of hydrogen-bond acceptors (Lipinski definition) is 5. The van der Waals surface area contributed by atoms with E-state index in [-0.39, 0.29) is 10.7 Å². The van der Waals surface area contributed by atoms with Crippen LogP contribution in [-0.2, 0) is 0 Å². The molecule has 0 bridgehead atoms. The van der Waals surface area contributed by atoms with E-state index in [4.69, 9.17) is 15.3 Å². The van der Waals surface area contributed by atoms with Gasteiger partial charge in [0, 0.05) is 5.56 Å². The Morgan fingerprint density at radius 3 is 2.87 bits per heavy atom. The van der Waals surface area contributed by atoms with E-state index in [2.05, 4.69) is 4.98 Å². The van der Waals surface area contributed by atoms with Gasteiger partial charge in [-0.3, -0.25) is 0 Å². The number of rotatable bonds is 2. The highest BCUT2D eigenvalue weighted by molar-refractivity contribution is 7.19. The highest BCUT2D eigenvalue weighted by Crippen LogP contribution is 2.30. The highest BCUT2D eigenvalue weighted by Gasteiger charge is 2.16. The number of nitrogens with two attached hydrogens (primary N) is 1. The minimum atomic E-state index is -1.12. The van der Waals surface area contributed by atoms with Gasteiger partial charge in [0.05, 0.1) is 0 Å². The van der Waals surface area contributed by atoms with E-state index in [9.17, 15) is 4.79 Å². The molecule has 0 aliphatic heterocycles. The molecule has 2 aromatic heterocycles. The number of nitrogen functional groups attached to an aromatic ring is 1. The number of carboxylic acid groups (broad SMARTS) is 1. The molecule has 0 fully saturated rings. The van der Waals surface area contributed by atoms with Crippen LogP contribution in [0.5, 0.6) is 0 Å². The van der Waals surface area contributed by atoms with Gasteiger partial charge in [-0.25, -0.2) is 9.78 Å². The van der Waals surface area contributed by atoms with Gasteiger partial charge in [0.25, 0.3) is 0 Å². The van der Waals surface area contributed by atoms with Gasteiger partial charge >= 0.3 is 5.97 Å². The summed E-state index contributed by atoms with van der Waals surface area (Å²) in [4.78, 5) is 14.6. The molecule has 2 heterocycles. The molecule has 6 heteroatoms. The second-order valence-electron chi connectivity index (χ2n) is 2.98. The van der Waals surface area contributed by atoms with Crippen molar-refractivity contribution in [2.24, 2.45) is 0 Å². The number of anilines is 1. The number of thiazole rings is 1. The van der Waals surface area contributed by atoms with Gasteiger partial charge in [-0.15, -0.1) is 0 Å². The van der Waals surface area contributed by atoms with Crippen molar-refractivity contribution in [1.82, 2.24) is 4.98 Å². The second-order valence-corrected chi connectivity index (χ2v) is 4.01. The summed E-state index contributed by atoms with van der Waals surface area (Å²) < 4.78 is 5.11. The number of aromatic nitrogens is 1. The fraction of sp³-hybridized carbons (Fsp3) is 0.111. The Morgan fingerprint density at radius 1 is 1.67 bits per heavy atom. The third-order valence-corrected chi connectivity index (χ3v) is 2.77. The summed E-state index contributed by atoms with van der Waals surface area (Å²) in [6, 6.07) is 1.78. The van der Waals surface area contributed by atoms with Crippen LogP contribution in [0.2, 0.25) is 0 Å². The van der Waals surface area contributed by atoms with Crippen molar-refractivity contribution >= 4 is 22.3 Å². The van der Waals surface area contributed by atoms with E-state index >= 15 is 0 Å². The fourth-order valence-electron chi connectivity index (χ4n) is 1.16. The molecule has 0 saturated heterocycles. The Kier molecular flexibility index (Phi) is 2.20. The topological polar surface area (TPSA) is 89.3 Å². The monoisotopic (exact) mass is 224 g/mol. The fourth-order valence-corrected chi connectivity index (χ4v) is 1.96. The quantitative estimate of drug-likeness (QED) is 0.814. The first-order valence-electron chi connectivity index (χ1n) is 4.13. The Labute approximate surface area is 89.2 Å². The lowest BCUT2D eigenvalue weighted by atomic mass is 10.3. The molecule has 0 atom stereocenters. The predicted octanol–water partition coefficient (Wildman–Crippen LogP) is 1.99. The summed E-state index contributed by atoms with van der Waals surface area (Å²) >= 11 is 1.13. The van der Waals surface area contributed by atoms with Gasteiger partial charge < -0.3 is 15.3 Å². The largest absolute Gasteiger partial charge is 0.476 e. The number of hydrogen-bond donors (Lipinski definition) is 2. The molecule has 0 saturated carbocycles. The molecule has 0 aromatic carbocycles. The van der Waals surface area contributed by atoms with Crippen LogP contribution in [0.4, 0.5) is 5.00 Å². The van der Waals surface area contributed by atoms with Crippen molar-refractivity contribution in [2.75, 3.05) is 5.73 Å². The summed E-state index contributed by atoms with van der Waals surface area (Å²) in [7, 11) is 0. The first kappa shape index (κ1) is 9.72. The zero-order chi connectivity index (χ0) is 11.0. The second kappa shape index (κ2) is 3.39. The molecular formula is C9H8N2O3S. The SMILES string of the molecule is Cc1cc(-c2nc(C(=O)O)c(N)s2)co1. The molecular weight excluding hydrogens is 216 g/mol. The summed E-state index contributed by atoms with van der Waals surface area (Å²) in [5.41, 5.74) is 6.18. The average Bonchev–Trinajstić information content (AvgIpc) is 2.71. The van der Waals surface area contributed by atoms with Crippen molar-refractivity contribution in [3.05, 3.63) is 23.8 Å². The zero-order valence-electron chi connectivity index (χ0n) is 7.85. The molecule has 0 unspecified atom stereocenters. The predicted molar refractivity (Wildman–Crippen MR) is 55.9 cm³/mol. The molecule has 0 spiro atoms. The van der Waals surface area contributed by atoms with Crippen LogP contribution in [0.3, 0.4) is 0 Å². The van der Waals surface area contributed by atoms with Crippen molar-refractivity contribution in [3.63, 3.8) is 0 Å². The lowest BCUT2D eigenvalue weighted by molar-refractivity contribution is 0.0692. The number of furan rings is 1. The Hall–Kier alpha value is -1.82. The molecule has 3 N–H and O–H groups in total. The number of nitrogens with zero attached hydrogens (tertiary/aromatic N) is 1. The molecule has 0 amide bonds. The van der Waals surface area contributed by atoms with Crippen LogP contribution in [0, 0.1) is 6.92 Å². The Morgan fingerprint density at radius 2 is 2.40 bits per heavy atom. The van der Waals surface area contributed by atoms with Crippen LogP contribution in [0.15, 0.2) is 16.7 Å². The van der Waals surface area contributed by atoms with Crippen LogP contribution < -0.4 is 5.73 Å². The number of carboxylic acids is 1. The first-order valence-corrected chi connectivity index (χ1v) is 4.94. The zero-order valence-corrected chi connectivity index (χ0v) is 8.67. The lowest BCUT2D eigenvalue weighted by Gasteiger charge is -1.85. The van der Waals surface area contributed by atoms with Crippen LogP contribution >= 0.6 is 11.3 Å². The number of carbonyl (C=O) groups is 1. The van der Waals surface area contributed by atoms with Crippen molar-refractivity contribution < 1.29 is 14.3 Å². The smallest absolute Gasteiger partial charge is 0.357 e. The molecule has 15 heavy (non-hydrogen) atoms. The maximum atomic E-state index is 10.7.